The molecule has 4 heteroatoms. The number of benzene rings is 1. The van der Waals surface area contributed by atoms with Crippen LogP contribution in [0.4, 0.5) is 5.69 Å². The molecule has 1 saturated carbocycles. The Labute approximate surface area is 114 Å². The molecule has 0 heterocycles. The lowest BCUT2D eigenvalue weighted by atomic mass is 9.99. The van der Waals surface area contributed by atoms with Gasteiger partial charge in [-0.2, -0.15) is 0 Å². The first kappa shape index (κ1) is 13.7. The summed E-state index contributed by atoms with van der Waals surface area (Å²) < 4.78 is 5.66. The summed E-state index contributed by atoms with van der Waals surface area (Å²) in [6.45, 7) is 6.18. The number of hydrogen-bond acceptors (Lipinski definition) is 3. The molecule has 0 atom stereocenters. The average molecular weight is 262 g/mol. The summed E-state index contributed by atoms with van der Waals surface area (Å²) in [5.41, 5.74) is 8.70. The minimum atomic E-state index is -0.0494. The van der Waals surface area contributed by atoms with Crippen molar-refractivity contribution in [2.45, 2.75) is 45.6 Å². The van der Waals surface area contributed by atoms with Gasteiger partial charge >= 0.3 is 0 Å². The Hall–Kier alpha value is -1.71. The van der Waals surface area contributed by atoms with Crippen molar-refractivity contribution in [2.75, 3.05) is 12.3 Å². The predicted molar refractivity (Wildman–Crippen MR) is 76.3 cm³/mol. The molecule has 0 bridgehead atoms. The fourth-order valence-corrected chi connectivity index (χ4v) is 1.93. The van der Waals surface area contributed by atoms with E-state index in [1.165, 1.54) is 0 Å². The molecular weight excluding hydrogens is 240 g/mol. The van der Waals surface area contributed by atoms with Gasteiger partial charge in [0.2, 0.25) is 0 Å². The van der Waals surface area contributed by atoms with E-state index in [0.717, 1.165) is 35.4 Å². The lowest BCUT2D eigenvalue weighted by molar-refractivity contribution is -0.123. The fourth-order valence-electron chi connectivity index (χ4n) is 1.93. The number of amides is 1. The summed E-state index contributed by atoms with van der Waals surface area (Å²) in [4.78, 5) is 11.6. The van der Waals surface area contributed by atoms with Crippen LogP contribution in [0, 0.1) is 6.92 Å². The van der Waals surface area contributed by atoms with Gasteiger partial charge in [-0.1, -0.05) is 13.8 Å². The quantitative estimate of drug-likeness (QED) is 0.801. The average Bonchev–Trinajstić information content (AvgIpc) is 3.13. The van der Waals surface area contributed by atoms with Gasteiger partial charge in [0.25, 0.3) is 5.91 Å². The van der Waals surface area contributed by atoms with Gasteiger partial charge in [-0.3, -0.25) is 4.79 Å². The van der Waals surface area contributed by atoms with Crippen molar-refractivity contribution < 1.29 is 9.53 Å². The molecule has 1 aromatic rings. The number of nitrogens with two attached hydrogens (primary N) is 1. The number of rotatable bonds is 5. The zero-order valence-electron chi connectivity index (χ0n) is 11.8. The molecule has 0 unspecified atom stereocenters. The summed E-state index contributed by atoms with van der Waals surface area (Å²) in [6, 6.07) is 4.22. The van der Waals surface area contributed by atoms with Gasteiger partial charge in [0.15, 0.2) is 6.61 Å². The molecule has 0 spiro atoms. The molecule has 3 N–H and O–H groups in total. The zero-order chi connectivity index (χ0) is 14.0. The highest BCUT2D eigenvalue weighted by atomic mass is 16.5. The Morgan fingerprint density at radius 2 is 2.16 bits per heavy atom. The van der Waals surface area contributed by atoms with Gasteiger partial charge in [-0.25, -0.2) is 0 Å². The Kier molecular flexibility index (Phi) is 3.98. The molecule has 2 rings (SSSR count). The number of nitrogens with one attached hydrogen (secondary N) is 1. The monoisotopic (exact) mass is 262 g/mol. The summed E-state index contributed by atoms with van der Waals surface area (Å²) in [6.07, 6.45) is 2.17. The molecule has 0 radical (unpaired) electrons. The van der Waals surface area contributed by atoms with Gasteiger partial charge in [0.1, 0.15) is 5.75 Å². The SMILES string of the molecule is Cc1cc(OCC(=O)NC2CC2)c(C(C)C)cc1N. The van der Waals surface area contributed by atoms with Crippen LogP contribution in [0.15, 0.2) is 12.1 Å². The van der Waals surface area contributed by atoms with Gasteiger partial charge in [0, 0.05) is 11.7 Å². The van der Waals surface area contributed by atoms with E-state index in [2.05, 4.69) is 19.2 Å². The molecule has 0 aliphatic heterocycles. The van der Waals surface area contributed by atoms with Gasteiger partial charge < -0.3 is 15.8 Å². The summed E-state index contributed by atoms with van der Waals surface area (Å²) in [5.74, 6) is 1.02. The predicted octanol–water partition coefficient (Wildman–Crippen LogP) is 2.36. The Morgan fingerprint density at radius 3 is 2.74 bits per heavy atom. The smallest absolute Gasteiger partial charge is 0.258 e. The van der Waals surface area contributed by atoms with Crippen LogP contribution in [-0.2, 0) is 4.79 Å². The summed E-state index contributed by atoms with van der Waals surface area (Å²) >= 11 is 0. The molecule has 1 aliphatic carbocycles. The number of carbonyl (C=O) groups is 1. The second-order valence-corrected chi connectivity index (χ2v) is 5.53. The van der Waals surface area contributed by atoms with Crippen LogP contribution >= 0.6 is 0 Å². The molecule has 1 aromatic carbocycles. The van der Waals surface area contributed by atoms with E-state index in [-0.39, 0.29) is 12.5 Å². The lowest BCUT2D eigenvalue weighted by Gasteiger charge is -2.16. The number of hydrogen-bond donors (Lipinski definition) is 2. The maximum Gasteiger partial charge on any atom is 0.258 e. The van der Waals surface area contributed by atoms with Crippen molar-refractivity contribution in [1.82, 2.24) is 5.32 Å². The topological polar surface area (TPSA) is 64.3 Å². The highest BCUT2D eigenvalue weighted by molar-refractivity contribution is 5.78. The number of carbonyl (C=O) groups excluding carboxylic acids is 1. The van der Waals surface area contributed by atoms with E-state index >= 15 is 0 Å². The van der Waals surface area contributed by atoms with Crippen molar-refractivity contribution >= 4 is 11.6 Å². The van der Waals surface area contributed by atoms with E-state index in [4.69, 9.17) is 10.5 Å². The number of anilines is 1. The van der Waals surface area contributed by atoms with E-state index in [1.54, 1.807) is 0 Å². The number of aryl methyl sites for hydroxylation is 1. The van der Waals surface area contributed by atoms with Crippen LogP contribution < -0.4 is 15.8 Å². The highest BCUT2D eigenvalue weighted by Crippen LogP contribution is 2.31. The third-order valence-electron chi connectivity index (χ3n) is 3.32. The van der Waals surface area contributed by atoms with Crippen LogP contribution in [0.5, 0.6) is 5.75 Å². The number of ether oxygens (including phenoxy) is 1. The third-order valence-corrected chi connectivity index (χ3v) is 3.32. The molecule has 0 aromatic heterocycles. The van der Waals surface area contributed by atoms with Gasteiger partial charge in [-0.05, 0) is 48.9 Å². The molecule has 1 aliphatic rings. The highest BCUT2D eigenvalue weighted by Gasteiger charge is 2.23. The van der Waals surface area contributed by atoms with E-state index < -0.39 is 0 Å². The first-order chi connectivity index (χ1) is 8.97. The largest absolute Gasteiger partial charge is 0.483 e. The van der Waals surface area contributed by atoms with E-state index in [1.807, 2.05) is 19.1 Å². The van der Waals surface area contributed by atoms with E-state index in [0.29, 0.717) is 12.0 Å². The molecule has 4 nitrogen and oxygen atoms in total. The van der Waals surface area contributed by atoms with Gasteiger partial charge in [0.05, 0.1) is 0 Å². The van der Waals surface area contributed by atoms with Crippen molar-refractivity contribution in [3.63, 3.8) is 0 Å². The molecule has 0 saturated heterocycles. The second-order valence-electron chi connectivity index (χ2n) is 5.53. The zero-order valence-corrected chi connectivity index (χ0v) is 11.8. The van der Waals surface area contributed by atoms with Crippen molar-refractivity contribution in [1.29, 1.82) is 0 Å². The summed E-state index contributed by atoms with van der Waals surface area (Å²) in [5, 5.41) is 2.91. The molecule has 1 fully saturated rings. The first-order valence-electron chi connectivity index (χ1n) is 6.79. The minimum Gasteiger partial charge on any atom is -0.483 e. The maximum atomic E-state index is 11.6. The van der Waals surface area contributed by atoms with Crippen LogP contribution in [0.3, 0.4) is 0 Å². The standard InChI is InChI=1S/C15H22N2O2/c1-9(2)12-7-13(16)10(3)6-14(12)19-8-15(18)17-11-4-5-11/h6-7,9,11H,4-5,8,16H2,1-3H3,(H,17,18). The Bertz CT molecular complexity index is 479. The van der Waals surface area contributed by atoms with Crippen molar-refractivity contribution in [2.24, 2.45) is 0 Å². The lowest BCUT2D eigenvalue weighted by Crippen LogP contribution is -2.30. The van der Waals surface area contributed by atoms with Crippen molar-refractivity contribution in [3.05, 3.63) is 23.3 Å². The van der Waals surface area contributed by atoms with Crippen molar-refractivity contribution in [3.8, 4) is 5.75 Å². The molecular formula is C15H22N2O2. The number of nitrogen functional groups attached to an aromatic ring is 1. The summed E-state index contributed by atoms with van der Waals surface area (Å²) in [7, 11) is 0. The second kappa shape index (κ2) is 5.51. The Morgan fingerprint density at radius 1 is 1.47 bits per heavy atom. The van der Waals surface area contributed by atoms with Crippen LogP contribution in [0.25, 0.3) is 0 Å². The van der Waals surface area contributed by atoms with Crippen LogP contribution in [0.2, 0.25) is 0 Å². The van der Waals surface area contributed by atoms with Crippen LogP contribution in [0.1, 0.15) is 43.7 Å². The Balaban J connectivity index is 2.05. The van der Waals surface area contributed by atoms with E-state index in [9.17, 15) is 4.79 Å². The molecule has 19 heavy (non-hydrogen) atoms. The normalized spacial score (nSPS) is 14.5. The molecule has 104 valence electrons. The fraction of sp³-hybridized carbons (Fsp3) is 0.533. The maximum absolute atomic E-state index is 11.6. The first-order valence-corrected chi connectivity index (χ1v) is 6.79. The third kappa shape index (κ3) is 3.63. The minimum absolute atomic E-state index is 0.0494. The van der Waals surface area contributed by atoms with Crippen LogP contribution in [-0.4, -0.2) is 18.6 Å². The van der Waals surface area contributed by atoms with Gasteiger partial charge in [-0.15, -0.1) is 0 Å². The molecule has 1 amide bonds.